The van der Waals surface area contributed by atoms with Crippen molar-refractivity contribution in [1.82, 2.24) is 9.80 Å². The minimum Gasteiger partial charge on any atom is -0.493 e. The van der Waals surface area contributed by atoms with E-state index in [9.17, 15) is 24.0 Å². The van der Waals surface area contributed by atoms with Crippen molar-refractivity contribution in [1.29, 1.82) is 0 Å². The Morgan fingerprint density at radius 3 is 1.23 bits per heavy atom. The summed E-state index contributed by atoms with van der Waals surface area (Å²) in [7, 11) is -2.32. The average Bonchev–Trinajstić information content (AvgIpc) is 3.88. The topological polar surface area (TPSA) is 172 Å². The lowest BCUT2D eigenvalue weighted by molar-refractivity contribution is 0.0358. The van der Waals surface area contributed by atoms with Crippen molar-refractivity contribution in [2.24, 2.45) is 0 Å². The Morgan fingerprint density at radius 2 is 0.923 bits per heavy atom. The van der Waals surface area contributed by atoms with Crippen LogP contribution in [0.2, 0.25) is 36.3 Å². The number of carbonyl (C=O) groups excluding carboxylic acids is 5. The van der Waals surface area contributed by atoms with Crippen molar-refractivity contribution >= 4 is 58.3 Å². The minimum absolute atomic E-state index is 0.0822. The quantitative estimate of drug-likeness (QED) is 0.117. The third-order valence-electron chi connectivity index (χ3n) is 15.3. The van der Waals surface area contributed by atoms with E-state index >= 15 is 0 Å². The maximum atomic E-state index is 14.7. The highest BCUT2D eigenvalue weighted by atomic mass is 28.4. The van der Waals surface area contributed by atoms with Gasteiger partial charge in [0.15, 0.2) is 52.1 Å². The highest BCUT2D eigenvalue weighted by Gasteiger charge is 2.53. The van der Waals surface area contributed by atoms with E-state index in [-0.39, 0.29) is 80.6 Å². The van der Waals surface area contributed by atoms with Gasteiger partial charge in [-0.15, -0.1) is 0 Å². The molecule has 4 atom stereocenters. The summed E-state index contributed by atoms with van der Waals surface area (Å²) in [5.41, 5.74) is 2.51. The van der Waals surface area contributed by atoms with Crippen LogP contribution in [0.3, 0.4) is 0 Å². The van der Waals surface area contributed by atoms with Crippen LogP contribution in [0.4, 0.5) is 21.0 Å². The minimum atomic E-state index is -2.63. The zero-order valence-electron chi connectivity index (χ0n) is 49.5. The second kappa shape index (κ2) is 21.5. The molecule has 19 heteroatoms. The van der Waals surface area contributed by atoms with Crippen LogP contribution in [-0.4, -0.2) is 107 Å². The maximum Gasteiger partial charge on any atom is 0.417 e. The summed E-state index contributed by atoms with van der Waals surface area (Å²) in [4.78, 5) is 77.6. The molecule has 4 heterocycles. The maximum absolute atomic E-state index is 14.7. The van der Waals surface area contributed by atoms with Crippen molar-refractivity contribution in [2.45, 2.75) is 195 Å². The summed E-state index contributed by atoms with van der Waals surface area (Å²) in [6.45, 7) is 35.6. The largest absolute Gasteiger partial charge is 0.493 e. The molecule has 0 unspecified atom stereocenters. The van der Waals surface area contributed by atoms with Gasteiger partial charge in [0.2, 0.25) is 0 Å². The number of hydrogen-bond donors (Lipinski definition) is 0. The molecule has 4 amide bonds. The van der Waals surface area contributed by atoms with E-state index in [4.69, 9.17) is 37.3 Å². The number of anilines is 2. The Hall–Kier alpha value is -6.16. The fourth-order valence-electron chi connectivity index (χ4n) is 9.40. The van der Waals surface area contributed by atoms with Gasteiger partial charge in [0, 0.05) is 30.1 Å². The number of amides is 4. The lowest BCUT2D eigenvalue weighted by atomic mass is 10.1. The summed E-state index contributed by atoms with van der Waals surface area (Å²) in [6.07, 6.45) is 2.09. The first-order valence-electron chi connectivity index (χ1n) is 26.7. The van der Waals surface area contributed by atoms with Gasteiger partial charge in [-0.3, -0.25) is 14.4 Å². The van der Waals surface area contributed by atoms with Gasteiger partial charge in [-0.2, -0.15) is 0 Å². The van der Waals surface area contributed by atoms with E-state index in [1.165, 1.54) is 24.0 Å². The number of ether oxygens (including phenoxy) is 6. The van der Waals surface area contributed by atoms with Gasteiger partial charge in [0.25, 0.3) is 11.8 Å². The first kappa shape index (κ1) is 59.5. The van der Waals surface area contributed by atoms with Gasteiger partial charge >= 0.3 is 12.2 Å². The first-order valence-corrected chi connectivity index (χ1v) is 32.5. The number of benzene rings is 3. The third kappa shape index (κ3) is 12.3. The van der Waals surface area contributed by atoms with Crippen molar-refractivity contribution in [2.75, 3.05) is 24.0 Å². The molecule has 0 aliphatic carbocycles. The van der Waals surface area contributed by atoms with E-state index in [0.29, 0.717) is 29.5 Å². The normalized spacial score (nSPS) is 19.9. The molecule has 0 saturated carbocycles. The summed E-state index contributed by atoms with van der Waals surface area (Å²) in [6, 6.07) is 10.5. The zero-order chi connectivity index (χ0) is 58.0. The molecule has 7 rings (SSSR count). The molecule has 0 radical (unpaired) electrons. The van der Waals surface area contributed by atoms with E-state index in [1.54, 1.807) is 87.7 Å². The predicted molar refractivity (Wildman–Crippen MR) is 305 cm³/mol. The van der Waals surface area contributed by atoms with Gasteiger partial charge < -0.3 is 47.1 Å². The molecule has 424 valence electrons. The monoisotopic (exact) mass is 1110 g/mol. The molecule has 17 nitrogen and oxygen atoms in total. The van der Waals surface area contributed by atoms with Crippen LogP contribution in [0.25, 0.3) is 0 Å². The van der Waals surface area contributed by atoms with Crippen LogP contribution < -0.4 is 28.7 Å². The molecule has 4 aliphatic rings. The molecule has 0 aromatic heterocycles. The molecule has 0 bridgehead atoms. The second-order valence-corrected chi connectivity index (χ2v) is 35.5. The predicted octanol–water partition coefficient (Wildman–Crippen LogP) is 13.1. The Bertz CT molecular complexity index is 2740. The third-order valence-corrected chi connectivity index (χ3v) is 24.2. The lowest BCUT2D eigenvalue weighted by Crippen LogP contribution is -2.58. The zero-order valence-corrected chi connectivity index (χ0v) is 51.5. The fraction of sp³-hybridized carbons (Fsp3) is 0.542. The average molecular weight is 1110 g/mol. The number of hydrogen-bond acceptors (Lipinski definition) is 13. The van der Waals surface area contributed by atoms with Gasteiger partial charge in [-0.1, -0.05) is 52.7 Å². The molecular weight excluding hydrogens is 1030 g/mol. The van der Waals surface area contributed by atoms with Crippen molar-refractivity contribution in [3.63, 3.8) is 0 Å². The van der Waals surface area contributed by atoms with Crippen molar-refractivity contribution in [3.8, 4) is 23.0 Å². The SMILES string of the molecule is COc1cc2c(cc1OCc1cc(C=O)cc(COc3cc4c(cc3OC)C(=O)N3C=C(C)C[C@H]3[C@H](O[Si](C)(C)C(C)(C)C)N4C(=O)OC(C)(C)C)c1)N(C(=O)OC(C)(C)C)[C@@H](O[Si](C)(C)C(C)(C)C)[C@@H]1CC(C)=CN1C2=O. The highest BCUT2D eigenvalue weighted by Crippen LogP contribution is 2.48. The smallest absolute Gasteiger partial charge is 0.417 e. The van der Waals surface area contributed by atoms with E-state index < -0.39 is 64.6 Å². The van der Waals surface area contributed by atoms with Crippen molar-refractivity contribution in [3.05, 3.63) is 93.8 Å². The van der Waals surface area contributed by atoms with E-state index in [2.05, 4.69) is 67.7 Å². The highest BCUT2D eigenvalue weighted by molar-refractivity contribution is 6.74. The number of methoxy groups -OCH3 is 2. The molecular formula is C59H82N4O13Si2. The van der Waals surface area contributed by atoms with Gasteiger partial charge in [0.05, 0.1) is 48.8 Å². The Morgan fingerprint density at radius 1 is 0.564 bits per heavy atom. The standard InChI is InChI=1S/C59H82N4O13Si2/c1-35-21-44-52(75-77(17,18)58(9,10)11)62(54(67)73-56(3,4)5)42-28-48(46(69-15)26-40(42)50(65)60(44)30-35)71-33-38-23-37(32-64)24-39(25-38)34-72-49-29-43-41(27-47(49)70-16)51(66)61-31-36(2)22-45(61)53(76-78(19,20)59(12,13)14)63(43)55(68)74-57(6,7)8/h23-32,44-45,52-53H,21-22,33-34H2,1-20H3/t44-,45-,52-,53-/m0/s1. The molecule has 0 saturated heterocycles. The molecule has 3 aromatic rings. The summed E-state index contributed by atoms with van der Waals surface area (Å²) in [5, 5.41) is -0.500. The molecule has 0 spiro atoms. The van der Waals surface area contributed by atoms with Crippen LogP contribution in [0.15, 0.2) is 66.0 Å². The molecule has 4 aliphatic heterocycles. The number of aldehydes is 1. The molecule has 78 heavy (non-hydrogen) atoms. The number of rotatable bonds is 13. The molecule has 0 N–H and O–H groups in total. The Labute approximate surface area is 463 Å². The fourth-order valence-corrected chi connectivity index (χ4v) is 11.8. The summed E-state index contributed by atoms with van der Waals surface area (Å²) in [5.74, 6) is 0.229. The lowest BCUT2D eigenvalue weighted by Gasteiger charge is -2.44. The summed E-state index contributed by atoms with van der Waals surface area (Å²) >= 11 is 0. The van der Waals surface area contributed by atoms with Crippen LogP contribution in [0.5, 0.6) is 23.0 Å². The van der Waals surface area contributed by atoms with Crippen LogP contribution in [0, 0.1) is 0 Å². The number of nitrogens with zero attached hydrogens (tertiary/aromatic N) is 4. The van der Waals surface area contributed by atoms with Gasteiger partial charge in [-0.05, 0) is 146 Å². The van der Waals surface area contributed by atoms with E-state index in [0.717, 1.165) is 17.4 Å². The van der Waals surface area contributed by atoms with Crippen LogP contribution in [-0.2, 0) is 31.5 Å². The van der Waals surface area contributed by atoms with Crippen molar-refractivity contribution < 1.29 is 61.2 Å². The molecule has 0 fully saturated rings. The van der Waals surface area contributed by atoms with Crippen LogP contribution >= 0.6 is 0 Å². The van der Waals surface area contributed by atoms with Crippen LogP contribution in [0.1, 0.15) is 152 Å². The first-order chi connectivity index (χ1) is 36.0. The Kier molecular flexibility index (Phi) is 16.4. The van der Waals surface area contributed by atoms with E-state index in [1.807, 2.05) is 32.3 Å². The van der Waals surface area contributed by atoms with Gasteiger partial charge in [0.1, 0.15) is 30.7 Å². The number of fused-ring (bicyclic) bond motifs is 4. The van der Waals surface area contributed by atoms with Gasteiger partial charge in [-0.25, -0.2) is 19.4 Å². The summed E-state index contributed by atoms with van der Waals surface area (Å²) < 4.78 is 51.4. The number of carbonyl (C=O) groups is 5. The molecule has 3 aromatic carbocycles. The second-order valence-electron chi connectivity index (χ2n) is 26.0. The Balaban J connectivity index is 1.26.